The van der Waals surface area contributed by atoms with Crippen LogP contribution in [-0.2, 0) is 0 Å². The molecule has 17 heavy (non-hydrogen) atoms. The van der Waals surface area contributed by atoms with Crippen LogP contribution in [0.4, 0.5) is 0 Å². The maximum atomic E-state index is 2.52. The molecule has 0 radical (unpaired) electrons. The minimum absolute atomic E-state index is 0. The van der Waals surface area contributed by atoms with Gasteiger partial charge in [-0.25, -0.2) is 0 Å². The Bertz CT molecular complexity index is 140. The molecule has 106 valence electrons. The van der Waals surface area contributed by atoms with Crippen LogP contribution >= 0.6 is 0 Å². The summed E-state index contributed by atoms with van der Waals surface area (Å²) in [6, 6.07) is 0. The third-order valence-electron chi connectivity index (χ3n) is 3.18. The number of hydrogen-bond acceptors (Lipinski definition) is 1. The van der Waals surface area contributed by atoms with Crippen molar-refractivity contribution in [1.29, 1.82) is 0 Å². The fraction of sp³-hybridized carbons (Fsp3) is 1.00. The fourth-order valence-electron chi connectivity index (χ4n) is 2.07. The van der Waals surface area contributed by atoms with Gasteiger partial charge in [0.1, 0.15) is 0 Å². The van der Waals surface area contributed by atoms with Crippen LogP contribution < -0.4 is 0 Å². The summed E-state index contributed by atoms with van der Waals surface area (Å²) in [5.41, 5.74) is 7.56. The molecule has 0 aliphatic carbocycles. The topological polar surface area (TPSA) is 30.0 Å². The zero-order valence-electron chi connectivity index (χ0n) is 12.7. The molecular weight excluding hydrogens is 271 g/mol. The molecule has 0 aliphatic rings. The summed E-state index contributed by atoms with van der Waals surface area (Å²) < 4.78 is 0. The summed E-state index contributed by atoms with van der Waals surface area (Å²) in [4.78, 5) is 0. The zero-order chi connectivity index (χ0) is 12.3. The predicted molar refractivity (Wildman–Crippen MR) is 81.9 cm³/mol. The summed E-state index contributed by atoms with van der Waals surface area (Å²) >= 11 is -1.05. The van der Waals surface area contributed by atoms with Gasteiger partial charge in [-0.15, -0.1) is 0 Å². The van der Waals surface area contributed by atoms with E-state index in [2.05, 4.69) is 24.1 Å². The molecule has 0 aromatic carbocycles. The van der Waals surface area contributed by atoms with Crippen molar-refractivity contribution in [2.75, 3.05) is 0 Å². The Morgan fingerprint density at radius 3 is 1.29 bits per heavy atom. The van der Waals surface area contributed by atoms with Gasteiger partial charge in [-0.3, -0.25) is 0 Å². The molecule has 0 bridgehead atoms. The third-order valence-corrected chi connectivity index (χ3v) is 6.66. The van der Waals surface area contributed by atoms with Gasteiger partial charge in [0.2, 0.25) is 0 Å². The normalized spacial score (nSPS) is 11.3. The standard InChI is InChI=1S/C15H34As.H2O/c1-5-6-7-8-9-10-11-12-13-14-15-16(2,3)4;/h5-15H2,1-4H3;1H2/q+1;/p-1. The Morgan fingerprint density at radius 2 is 0.941 bits per heavy atom. The SMILES string of the molecule is CCCCCCCCCCCC[As+](C)(C)C.[OH-]. The van der Waals surface area contributed by atoms with Gasteiger partial charge in [-0.1, -0.05) is 0 Å². The van der Waals surface area contributed by atoms with Crippen LogP contribution in [0.2, 0.25) is 22.3 Å². The van der Waals surface area contributed by atoms with Gasteiger partial charge >= 0.3 is 107 Å². The first-order valence-corrected chi connectivity index (χ1v) is 14.3. The summed E-state index contributed by atoms with van der Waals surface area (Å²) in [6.07, 6.45) is 14.7. The largest absolute Gasteiger partial charge is 0.870 e. The van der Waals surface area contributed by atoms with Gasteiger partial charge in [0.15, 0.2) is 0 Å². The van der Waals surface area contributed by atoms with E-state index in [-0.39, 0.29) is 5.48 Å². The van der Waals surface area contributed by atoms with Crippen LogP contribution in [0.1, 0.15) is 71.1 Å². The Labute approximate surface area is 113 Å². The first kappa shape index (κ1) is 19.8. The van der Waals surface area contributed by atoms with E-state index in [0.29, 0.717) is 0 Å². The second kappa shape index (κ2) is 13.0. The predicted octanol–water partition coefficient (Wildman–Crippen LogP) is 6.07. The van der Waals surface area contributed by atoms with Crippen LogP contribution in [-0.4, -0.2) is 19.0 Å². The molecule has 0 aromatic rings. The maximum absolute atomic E-state index is 2.52. The van der Waals surface area contributed by atoms with E-state index in [1.807, 2.05) is 0 Å². The van der Waals surface area contributed by atoms with Crippen molar-refractivity contribution in [2.45, 2.75) is 93.5 Å². The van der Waals surface area contributed by atoms with Gasteiger partial charge in [0, 0.05) is 0 Å². The molecule has 0 aromatic heterocycles. The smallest absolute Gasteiger partial charge is 0.870 e. The van der Waals surface area contributed by atoms with Crippen LogP contribution in [0, 0.1) is 0 Å². The van der Waals surface area contributed by atoms with Crippen LogP contribution in [0.25, 0.3) is 0 Å². The van der Waals surface area contributed by atoms with Crippen LogP contribution in [0.3, 0.4) is 0 Å². The van der Waals surface area contributed by atoms with E-state index >= 15 is 0 Å². The van der Waals surface area contributed by atoms with Gasteiger partial charge in [0.05, 0.1) is 0 Å². The molecule has 0 rings (SSSR count). The average Bonchev–Trinajstić information content (AvgIpc) is 2.19. The molecule has 0 fully saturated rings. The maximum Gasteiger partial charge on any atom is -0.870 e. The molecule has 0 saturated carbocycles. The Hall–Kier alpha value is 0.518. The van der Waals surface area contributed by atoms with Crippen LogP contribution in [0.5, 0.6) is 0 Å². The van der Waals surface area contributed by atoms with Crippen LogP contribution in [0.15, 0.2) is 0 Å². The molecule has 0 heterocycles. The number of rotatable bonds is 11. The van der Waals surface area contributed by atoms with Crippen molar-refractivity contribution >= 4 is 13.6 Å². The van der Waals surface area contributed by atoms with Gasteiger partial charge in [-0.2, -0.15) is 0 Å². The monoisotopic (exact) mass is 306 g/mol. The number of hydrogen-bond donors (Lipinski definition) is 0. The van der Waals surface area contributed by atoms with Crippen molar-refractivity contribution in [1.82, 2.24) is 0 Å². The van der Waals surface area contributed by atoms with Gasteiger partial charge in [0.25, 0.3) is 0 Å². The van der Waals surface area contributed by atoms with Gasteiger partial charge in [-0.05, 0) is 0 Å². The van der Waals surface area contributed by atoms with Crippen molar-refractivity contribution in [3.05, 3.63) is 0 Å². The molecule has 0 atom stereocenters. The van der Waals surface area contributed by atoms with E-state index in [9.17, 15) is 0 Å². The summed E-state index contributed by atoms with van der Waals surface area (Å²) in [7, 11) is 0. The minimum atomic E-state index is -1.05. The Balaban J connectivity index is 0. The first-order valence-electron chi connectivity index (χ1n) is 7.36. The average molecular weight is 306 g/mol. The molecule has 0 aliphatic heterocycles. The van der Waals surface area contributed by atoms with Gasteiger partial charge < -0.3 is 5.48 Å². The quantitative estimate of drug-likeness (QED) is 0.336. The van der Waals surface area contributed by atoms with E-state index in [0.717, 1.165) is 0 Å². The summed E-state index contributed by atoms with van der Waals surface area (Å²) in [5.74, 6) is 0. The first-order chi connectivity index (χ1) is 7.56. The third kappa shape index (κ3) is 19.1. The van der Waals surface area contributed by atoms with E-state index in [1.165, 1.54) is 64.2 Å². The van der Waals surface area contributed by atoms with Crippen molar-refractivity contribution in [3.8, 4) is 0 Å². The molecule has 0 saturated heterocycles. The van der Waals surface area contributed by atoms with E-state index in [1.54, 1.807) is 5.21 Å². The molecule has 1 nitrogen and oxygen atoms in total. The van der Waals surface area contributed by atoms with E-state index in [4.69, 9.17) is 0 Å². The van der Waals surface area contributed by atoms with E-state index < -0.39 is 13.6 Å². The molecular formula is C15H35AsO. The Morgan fingerprint density at radius 1 is 0.588 bits per heavy atom. The molecule has 0 unspecified atom stereocenters. The summed E-state index contributed by atoms with van der Waals surface area (Å²) in [5, 5.41) is 1.56. The van der Waals surface area contributed by atoms with Crippen molar-refractivity contribution < 1.29 is 5.48 Å². The number of unbranched alkanes of at least 4 members (excludes halogenated alkanes) is 9. The molecule has 0 spiro atoms. The second-order valence-electron chi connectivity index (χ2n) is 6.20. The minimum Gasteiger partial charge on any atom is -0.870 e. The Kier molecular flexibility index (Phi) is 15.1. The summed E-state index contributed by atoms with van der Waals surface area (Å²) in [6.45, 7) is 2.29. The molecule has 2 heteroatoms. The molecule has 0 amide bonds. The van der Waals surface area contributed by atoms with Crippen molar-refractivity contribution in [2.24, 2.45) is 0 Å². The fourth-order valence-corrected chi connectivity index (χ4v) is 4.53. The zero-order valence-corrected chi connectivity index (χ0v) is 14.5. The van der Waals surface area contributed by atoms with Crippen molar-refractivity contribution in [3.63, 3.8) is 0 Å². The molecule has 1 N–H and O–H groups in total. The second-order valence-corrected chi connectivity index (χ2v) is 16.7.